The molecule has 1 aliphatic heterocycles. The molecule has 7 heteroatoms. The van der Waals surface area contributed by atoms with E-state index in [2.05, 4.69) is 29.2 Å². The molecule has 1 aromatic heterocycles. The van der Waals surface area contributed by atoms with E-state index in [-0.39, 0.29) is 12.8 Å². The van der Waals surface area contributed by atoms with Gasteiger partial charge in [0, 0.05) is 31.2 Å². The predicted molar refractivity (Wildman–Crippen MR) is 158 cm³/mol. The number of allylic oxidation sites excluding steroid dienone is 1. The zero-order valence-corrected chi connectivity index (χ0v) is 23.7. The van der Waals surface area contributed by atoms with Crippen molar-refractivity contribution in [3.8, 4) is 5.75 Å². The van der Waals surface area contributed by atoms with Crippen LogP contribution in [0.15, 0.2) is 83.9 Å². The number of rotatable bonds is 8. The van der Waals surface area contributed by atoms with Crippen LogP contribution in [0.25, 0.3) is 16.5 Å². The molecule has 0 bridgehead atoms. The Morgan fingerprint density at radius 2 is 1.80 bits per heavy atom. The minimum absolute atomic E-state index is 0.136. The first-order valence-electron chi connectivity index (χ1n) is 14.2. The van der Waals surface area contributed by atoms with Gasteiger partial charge in [0.25, 0.3) is 10.0 Å². The Morgan fingerprint density at radius 1 is 1.00 bits per heavy atom. The number of benzene rings is 3. The molecule has 0 spiro atoms. The van der Waals surface area contributed by atoms with Gasteiger partial charge < -0.3 is 4.74 Å². The maximum Gasteiger partial charge on any atom is 0.268 e. The summed E-state index contributed by atoms with van der Waals surface area (Å²) < 4.78 is 47.1. The van der Waals surface area contributed by atoms with Gasteiger partial charge >= 0.3 is 0 Å². The number of likely N-dealkylation sites (tertiary alicyclic amines) is 1. The highest BCUT2D eigenvalue weighted by Crippen LogP contribution is 2.37. The summed E-state index contributed by atoms with van der Waals surface area (Å²) >= 11 is 0. The lowest BCUT2D eigenvalue weighted by molar-refractivity contribution is 0.198. The van der Waals surface area contributed by atoms with Gasteiger partial charge in [-0.05, 0) is 97.7 Å². The lowest BCUT2D eigenvalue weighted by atomic mass is 9.92. The molecule has 4 aromatic rings. The second-order valence-electron chi connectivity index (χ2n) is 10.9. The average Bonchev–Trinajstić information content (AvgIpc) is 3.54. The Labute approximate surface area is 235 Å². The molecule has 1 aliphatic carbocycles. The second kappa shape index (κ2) is 11.2. The van der Waals surface area contributed by atoms with Crippen LogP contribution < -0.4 is 4.74 Å². The number of nitrogens with zero attached hydrogens (tertiary/aromatic N) is 2. The van der Waals surface area contributed by atoms with E-state index in [0.717, 1.165) is 73.1 Å². The van der Waals surface area contributed by atoms with Crippen molar-refractivity contribution in [1.29, 1.82) is 0 Å². The van der Waals surface area contributed by atoms with Crippen molar-refractivity contribution in [1.82, 2.24) is 8.87 Å². The number of fused-ring (bicyclic) bond motifs is 3. The van der Waals surface area contributed by atoms with Gasteiger partial charge in [0.2, 0.25) is 0 Å². The fraction of sp³-hybridized carbons (Fsp3) is 0.333. The topological polar surface area (TPSA) is 51.5 Å². The van der Waals surface area contributed by atoms with Crippen molar-refractivity contribution in [2.45, 2.75) is 50.0 Å². The third kappa shape index (κ3) is 5.20. The highest BCUT2D eigenvalue weighted by atomic mass is 32.2. The fourth-order valence-corrected chi connectivity index (χ4v) is 7.35. The first-order valence-corrected chi connectivity index (χ1v) is 15.6. The normalized spacial score (nSPS) is 17.9. The standard InChI is InChI=1S/C33H35FN2O3S/c1-24-7-13-28(14-8-24)40(37,38)36-22-18-32-30-6-3-2-5-29(31(30)15-16-33(32)36)25-9-11-26(12-10-25)39-27-17-21-35(23-27)20-4-19-34/h5,7-16,18,22,27H,2-4,6,17,19-21,23H2,1H3/t27-/m0/s1. The van der Waals surface area contributed by atoms with Crippen LogP contribution in [-0.4, -0.2) is 49.7 Å². The Hall–Kier alpha value is -3.42. The van der Waals surface area contributed by atoms with Crippen molar-refractivity contribution in [2.24, 2.45) is 0 Å². The second-order valence-corrected chi connectivity index (χ2v) is 12.7. The van der Waals surface area contributed by atoms with E-state index in [0.29, 0.717) is 16.8 Å². The lowest BCUT2D eigenvalue weighted by Gasteiger charge is -2.17. The molecule has 0 amide bonds. The van der Waals surface area contributed by atoms with Crippen LogP contribution in [0.2, 0.25) is 0 Å². The van der Waals surface area contributed by atoms with Gasteiger partial charge in [-0.2, -0.15) is 0 Å². The maximum absolute atomic E-state index is 13.5. The molecule has 6 rings (SSSR count). The van der Waals surface area contributed by atoms with Crippen LogP contribution in [-0.2, 0) is 16.4 Å². The minimum Gasteiger partial charge on any atom is -0.489 e. The SMILES string of the molecule is Cc1ccc(S(=O)(=O)n2ccc3c4c(ccc32)C(c2ccc(O[C@H]3CCN(CCCF)C3)cc2)=CCCC4)cc1. The predicted octanol–water partition coefficient (Wildman–Crippen LogP) is 6.77. The van der Waals surface area contributed by atoms with Crippen molar-refractivity contribution in [3.63, 3.8) is 0 Å². The van der Waals surface area contributed by atoms with E-state index in [4.69, 9.17) is 4.74 Å². The number of aromatic nitrogens is 1. The van der Waals surface area contributed by atoms with Crippen molar-refractivity contribution < 1.29 is 17.5 Å². The van der Waals surface area contributed by atoms with Gasteiger partial charge in [-0.15, -0.1) is 0 Å². The Kier molecular flexibility index (Phi) is 7.51. The van der Waals surface area contributed by atoms with Gasteiger partial charge in [-0.3, -0.25) is 9.29 Å². The molecule has 208 valence electrons. The van der Waals surface area contributed by atoms with E-state index in [1.807, 2.05) is 43.3 Å². The van der Waals surface area contributed by atoms with E-state index in [9.17, 15) is 12.8 Å². The number of alkyl halides is 1. The van der Waals surface area contributed by atoms with Crippen LogP contribution in [0.4, 0.5) is 4.39 Å². The first kappa shape index (κ1) is 26.8. The molecule has 0 N–H and O–H groups in total. The van der Waals surface area contributed by atoms with E-state index >= 15 is 0 Å². The van der Waals surface area contributed by atoms with Gasteiger partial charge in [-0.25, -0.2) is 12.4 Å². The summed E-state index contributed by atoms with van der Waals surface area (Å²) in [4.78, 5) is 2.56. The molecular formula is C33H35FN2O3S. The number of halogens is 1. The summed E-state index contributed by atoms with van der Waals surface area (Å²) in [5, 5.41) is 0.986. The van der Waals surface area contributed by atoms with Crippen molar-refractivity contribution in [3.05, 3.63) is 101 Å². The Balaban J connectivity index is 1.26. The summed E-state index contributed by atoms with van der Waals surface area (Å²) in [6.07, 6.45) is 8.52. The molecule has 3 aromatic carbocycles. The Morgan fingerprint density at radius 3 is 2.58 bits per heavy atom. The molecule has 2 heterocycles. The smallest absolute Gasteiger partial charge is 0.268 e. The van der Waals surface area contributed by atoms with Crippen LogP contribution in [0.1, 0.15) is 47.9 Å². The zero-order chi connectivity index (χ0) is 27.7. The van der Waals surface area contributed by atoms with Crippen molar-refractivity contribution in [2.75, 3.05) is 26.3 Å². The first-order chi connectivity index (χ1) is 19.4. The number of aryl methyl sites for hydroxylation is 2. The zero-order valence-electron chi connectivity index (χ0n) is 22.9. The van der Waals surface area contributed by atoms with Crippen LogP contribution in [0.3, 0.4) is 0 Å². The number of ether oxygens (including phenoxy) is 1. The van der Waals surface area contributed by atoms with Crippen LogP contribution in [0.5, 0.6) is 5.75 Å². The molecule has 40 heavy (non-hydrogen) atoms. The molecule has 2 aliphatic rings. The third-order valence-corrected chi connectivity index (χ3v) is 9.80. The van der Waals surface area contributed by atoms with E-state index in [1.165, 1.54) is 15.1 Å². The fourth-order valence-electron chi connectivity index (χ4n) is 6.00. The molecule has 1 fully saturated rings. The highest BCUT2D eigenvalue weighted by molar-refractivity contribution is 7.90. The minimum atomic E-state index is -3.70. The molecule has 1 saturated heterocycles. The van der Waals surface area contributed by atoms with Crippen molar-refractivity contribution >= 4 is 26.5 Å². The van der Waals surface area contributed by atoms with Gasteiger partial charge in [0.15, 0.2) is 0 Å². The summed E-state index contributed by atoms with van der Waals surface area (Å²) in [5.41, 5.74) is 6.38. The quantitative estimate of drug-likeness (QED) is 0.240. The third-order valence-electron chi connectivity index (χ3n) is 8.10. The molecule has 0 radical (unpaired) electrons. The van der Waals surface area contributed by atoms with Crippen LogP contribution in [0, 0.1) is 6.92 Å². The molecule has 5 nitrogen and oxygen atoms in total. The van der Waals surface area contributed by atoms with Crippen LogP contribution >= 0.6 is 0 Å². The van der Waals surface area contributed by atoms with Gasteiger partial charge in [0.05, 0.1) is 17.1 Å². The molecule has 1 atom stereocenters. The van der Waals surface area contributed by atoms with E-state index < -0.39 is 10.0 Å². The highest BCUT2D eigenvalue weighted by Gasteiger charge is 2.25. The van der Waals surface area contributed by atoms with E-state index in [1.54, 1.807) is 18.3 Å². The number of hydrogen-bond acceptors (Lipinski definition) is 4. The summed E-state index contributed by atoms with van der Waals surface area (Å²) in [6, 6.07) is 21.3. The molecule has 0 saturated carbocycles. The molecule has 0 unspecified atom stereocenters. The summed E-state index contributed by atoms with van der Waals surface area (Å²) in [6.45, 7) is 4.26. The Bertz CT molecular complexity index is 1640. The summed E-state index contributed by atoms with van der Waals surface area (Å²) in [5.74, 6) is 0.851. The van der Waals surface area contributed by atoms with Gasteiger partial charge in [-0.1, -0.05) is 42.0 Å². The number of hydrogen-bond donors (Lipinski definition) is 0. The largest absolute Gasteiger partial charge is 0.489 e. The molecular weight excluding hydrogens is 523 g/mol. The van der Waals surface area contributed by atoms with Gasteiger partial charge in [0.1, 0.15) is 11.9 Å². The average molecular weight is 559 g/mol. The summed E-state index contributed by atoms with van der Waals surface area (Å²) in [7, 11) is -3.70. The lowest BCUT2D eigenvalue weighted by Crippen LogP contribution is -2.26. The maximum atomic E-state index is 13.5. The monoisotopic (exact) mass is 558 g/mol.